The summed E-state index contributed by atoms with van der Waals surface area (Å²) >= 11 is 0. The summed E-state index contributed by atoms with van der Waals surface area (Å²) in [5.74, 6) is -4.15. The molecule has 1 aliphatic carbocycles. The monoisotopic (exact) mass is 720 g/mol. The second kappa shape index (κ2) is 20.8. The number of ether oxygens (including phenoxy) is 7. The Kier molecular flexibility index (Phi) is 18.1. The van der Waals surface area contributed by atoms with Crippen LogP contribution >= 0.6 is 0 Å². The number of alkyl carbamates (subject to hydrolysis) is 1. The smallest absolute Gasteiger partial charge is 0.407 e. The Hall–Kier alpha value is -4.76. The standard InChI is InChI=1S/C36H52N2O13/c1-10-27(39)46-20-35(21-47-28(40)11-2,22-48-29(41)12-3)18-45-19-36(23-49-30(42)13-4,24-50-31(43)14-5)25-51-32(44)38-34(8)16-26(37-9)15-33(6,7)17-34/h10-14,26,37H,1-5,15-25H2,6-9H3,(H,38,44). The van der Waals surface area contributed by atoms with E-state index in [1.165, 1.54) is 0 Å². The van der Waals surface area contributed by atoms with Crippen molar-refractivity contribution in [1.82, 2.24) is 10.6 Å². The highest BCUT2D eigenvalue weighted by Crippen LogP contribution is 2.41. The molecule has 1 amide bonds. The van der Waals surface area contributed by atoms with Gasteiger partial charge in [0.25, 0.3) is 0 Å². The molecule has 284 valence electrons. The molecule has 1 aliphatic rings. The second-order valence-electron chi connectivity index (χ2n) is 13.5. The lowest BCUT2D eigenvalue weighted by Gasteiger charge is -2.46. The average molecular weight is 721 g/mol. The van der Waals surface area contributed by atoms with E-state index < -0.39 is 105 Å². The number of esters is 5. The van der Waals surface area contributed by atoms with Crippen LogP contribution in [0, 0.1) is 16.2 Å². The molecule has 0 aromatic heterocycles. The SMILES string of the molecule is C=CC(=O)OCC(COCC(COC(=O)C=C)(COC(=O)C=C)COC(=O)NC1(C)CC(NC)CC(C)(C)C1)(COC(=O)C=C)COC(=O)C=C. The van der Waals surface area contributed by atoms with Crippen molar-refractivity contribution in [3.63, 3.8) is 0 Å². The molecule has 1 fully saturated rings. The minimum atomic E-state index is -1.53. The molecule has 2 N–H and O–H groups in total. The predicted octanol–water partition coefficient (Wildman–Crippen LogP) is 2.90. The van der Waals surface area contributed by atoms with Crippen LogP contribution in [0.5, 0.6) is 0 Å². The zero-order chi connectivity index (χ0) is 38.7. The van der Waals surface area contributed by atoms with Crippen molar-refractivity contribution >= 4 is 35.9 Å². The normalized spacial score (nSPS) is 18.1. The highest BCUT2D eigenvalue weighted by molar-refractivity contribution is 5.83. The Morgan fingerprint density at radius 2 is 0.922 bits per heavy atom. The van der Waals surface area contributed by atoms with Gasteiger partial charge in [-0.2, -0.15) is 0 Å². The number of carbonyl (C=O) groups is 6. The van der Waals surface area contributed by atoms with Crippen molar-refractivity contribution in [2.24, 2.45) is 16.2 Å². The molecule has 15 heteroatoms. The van der Waals surface area contributed by atoms with Gasteiger partial charge in [0.05, 0.1) is 24.0 Å². The van der Waals surface area contributed by atoms with Gasteiger partial charge >= 0.3 is 35.9 Å². The van der Waals surface area contributed by atoms with E-state index in [1.807, 2.05) is 14.0 Å². The topological polar surface area (TPSA) is 191 Å². The van der Waals surface area contributed by atoms with Crippen LogP contribution < -0.4 is 10.6 Å². The van der Waals surface area contributed by atoms with Crippen LogP contribution in [0.1, 0.15) is 40.0 Å². The van der Waals surface area contributed by atoms with E-state index in [0.29, 0.717) is 12.8 Å². The van der Waals surface area contributed by atoms with E-state index in [9.17, 15) is 28.8 Å². The van der Waals surface area contributed by atoms with Gasteiger partial charge in [0, 0.05) is 42.0 Å². The largest absolute Gasteiger partial charge is 0.462 e. The van der Waals surface area contributed by atoms with Crippen molar-refractivity contribution in [3.8, 4) is 0 Å². The summed E-state index contributed by atoms with van der Waals surface area (Å²) in [5.41, 5.74) is -3.77. The Labute approximate surface area is 299 Å². The molecule has 2 atom stereocenters. The van der Waals surface area contributed by atoms with Crippen molar-refractivity contribution in [1.29, 1.82) is 0 Å². The van der Waals surface area contributed by atoms with Crippen LogP contribution in [0.15, 0.2) is 63.3 Å². The lowest BCUT2D eigenvalue weighted by molar-refractivity contribution is -0.166. The minimum Gasteiger partial charge on any atom is -0.462 e. The summed E-state index contributed by atoms with van der Waals surface area (Å²) in [6, 6.07) is 0.144. The third-order valence-electron chi connectivity index (χ3n) is 7.94. The zero-order valence-corrected chi connectivity index (χ0v) is 30.1. The van der Waals surface area contributed by atoms with Crippen LogP contribution in [0.3, 0.4) is 0 Å². The van der Waals surface area contributed by atoms with E-state index in [0.717, 1.165) is 36.8 Å². The summed E-state index contributed by atoms with van der Waals surface area (Å²) in [7, 11) is 1.86. The number of amides is 1. The zero-order valence-electron chi connectivity index (χ0n) is 30.1. The van der Waals surface area contributed by atoms with E-state index in [1.54, 1.807) is 0 Å². The first kappa shape index (κ1) is 44.3. The van der Waals surface area contributed by atoms with Gasteiger partial charge in [0.2, 0.25) is 0 Å². The van der Waals surface area contributed by atoms with Gasteiger partial charge < -0.3 is 43.8 Å². The molecule has 0 aromatic carbocycles. The summed E-state index contributed by atoms with van der Waals surface area (Å²) in [4.78, 5) is 73.7. The molecule has 51 heavy (non-hydrogen) atoms. The van der Waals surface area contributed by atoms with Gasteiger partial charge in [-0.15, -0.1) is 0 Å². The highest BCUT2D eigenvalue weighted by atomic mass is 16.6. The van der Waals surface area contributed by atoms with E-state index in [4.69, 9.17) is 33.2 Å². The molecule has 1 rings (SSSR count). The molecule has 0 radical (unpaired) electrons. The Morgan fingerprint density at radius 1 is 0.588 bits per heavy atom. The first-order valence-electron chi connectivity index (χ1n) is 16.1. The number of rotatable bonds is 23. The Bertz CT molecular complexity index is 1220. The maximum Gasteiger partial charge on any atom is 0.407 e. The van der Waals surface area contributed by atoms with Gasteiger partial charge in [-0.1, -0.05) is 46.7 Å². The fourth-order valence-corrected chi connectivity index (χ4v) is 5.68. The van der Waals surface area contributed by atoms with Crippen molar-refractivity contribution in [2.75, 3.05) is 59.9 Å². The molecule has 15 nitrogen and oxygen atoms in total. The highest BCUT2D eigenvalue weighted by Gasteiger charge is 2.44. The number of nitrogens with one attached hydrogen (secondary N) is 2. The maximum absolute atomic E-state index is 13.3. The fraction of sp³-hybridized carbons (Fsp3) is 0.556. The average Bonchev–Trinajstić information content (AvgIpc) is 3.10. The van der Waals surface area contributed by atoms with Crippen LogP contribution in [-0.4, -0.2) is 107 Å². The first-order chi connectivity index (χ1) is 23.9. The third-order valence-corrected chi connectivity index (χ3v) is 7.94. The number of carbonyl (C=O) groups excluding carboxylic acids is 6. The Morgan fingerprint density at radius 3 is 1.24 bits per heavy atom. The van der Waals surface area contributed by atoms with Gasteiger partial charge in [-0.05, 0) is 38.6 Å². The van der Waals surface area contributed by atoms with Crippen molar-refractivity contribution in [3.05, 3.63) is 63.3 Å². The Balaban J connectivity index is 3.45. The molecule has 0 bridgehead atoms. The van der Waals surface area contributed by atoms with Crippen molar-refractivity contribution in [2.45, 2.75) is 51.6 Å². The molecule has 2 unspecified atom stereocenters. The van der Waals surface area contributed by atoms with E-state index in [2.05, 4.69) is 57.4 Å². The maximum atomic E-state index is 13.3. The molecule has 0 aromatic rings. The molecule has 0 saturated heterocycles. The number of hydrogen-bond donors (Lipinski definition) is 2. The number of hydrogen-bond acceptors (Lipinski definition) is 14. The third kappa shape index (κ3) is 16.2. The van der Waals surface area contributed by atoms with Gasteiger partial charge in [0.15, 0.2) is 0 Å². The summed E-state index contributed by atoms with van der Waals surface area (Å²) < 4.78 is 38.1. The van der Waals surface area contributed by atoms with E-state index >= 15 is 0 Å². The predicted molar refractivity (Wildman–Crippen MR) is 185 cm³/mol. The van der Waals surface area contributed by atoms with Crippen LogP contribution in [0.25, 0.3) is 0 Å². The molecule has 0 spiro atoms. The lowest BCUT2D eigenvalue weighted by Crippen LogP contribution is -2.57. The molecular weight excluding hydrogens is 668 g/mol. The summed E-state index contributed by atoms with van der Waals surface area (Å²) in [6.07, 6.45) is 5.97. The summed E-state index contributed by atoms with van der Waals surface area (Å²) in [5, 5.41) is 6.24. The molecule has 0 aliphatic heterocycles. The molecule has 0 heterocycles. The van der Waals surface area contributed by atoms with Gasteiger partial charge in [-0.25, -0.2) is 28.8 Å². The first-order valence-corrected chi connectivity index (χ1v) is 16.1. The summed E-state index contributed by atoms with van der Waals surface area (Å²) in [6.45, 7) is 19.2. The van der Waals surface area contributed by atoms with Crippen LogP contribution in [0.4, 0.5) is 4.79 Å². The van der Waals surface area contributed by atoms with Crippen LogP contribution in [-0.2, 0) is 57.1 Å². The van der Waals surface area contributed by atoms with Crippen LogP contribution in [0.2, 0.25) is 0 Å². The van der Waals surface area contributed by atoms with Crippen molar-refractivity contribution < 1.29 is 61.9 Å². The molecular formula is C36H52N2O13. The van der Waals surface area contributed by atoms with Gasteiger partial charge in [0.1, 0.15) is 39.6 Å². The quantitative estimate of drug-likeness (QED) is 0.0890. The van der Waals surface area contributed by atoms with E-state index in [-0.39, 0.29) is 11.5 Å². The fourth-order valence-electron chi connectivity index (χ4n) is 5.68. The minimum absolute atomic E-state index is 0.0875. The molecule has 1 saturated carbocycles. The van der Waals surface area contributed by atoms with Gasteiger partial charge in [-0.3, -0.25) is 0 Å². The lowest BCUT2D eigenvalue weighted by atomic mass is 9.67. The second-order valence-corrected chi connectivity index (χ2v) is 13.5.